The topological polar surface area (TPSA) is 41.7 Å². The number of nitrogens with one attached hydrogen (secondary N) is 1. The summed E-state index contributed by atoms with van der Waals surface area (Å²) in [5, 5.41) is 11.2. The van der Waals surface area contributed by atoms with Gasteiger partial charge < -0.3 is 0 Å². The second-order valence-corrected chi connectivity index (χ2v) is 1.84. The molecule has 0 saturated heterocycles. The molecule has 0 aromatic carbocycles. The van der Waals surface area contributed by atoms with Crippen LogP contribution in [0.1, 0.15) is 6.92 Å². The van der Waals surface area contributed by atoms with E-state index in [0.29, 0.717) is 5.49 Å². The Balaban J connectivity index is 3.16. The molecule has 0 fully saturated rings. The molecule has 3 nitrogen and oxygen atoms in total. The van der Waals surface area contributed by atoms with Crippen LogP contribution >= 0.6 is 0 Å². The van der Waals surface area contributed by atoms with Gasteiger partial charge in [0.1, 0.15) is 5.49 Å². The van der Waals surface area contributed by atoms with Gasteiger partial charge in [0, 0.05) is 12.4 Å². The van der Waals surface area contributed by atoms with E-state index in [0.717, 1.165) is 0 Å². The van der Waals surface area contributed by atoms with Crippen molar-refractivity contribution in [2.45, 2.75) is 6.92 Å². The van der Waals surface area contributed by atoms with Crippen molar-refractivity contribution in [3.8, 4) is 0 Å². The maximum atomic E-state index is 7.32. The minimum Gasteiger partial charge on any atom is -0.283 e. The zero-order valence-electron chi connectivity index (χ0n) is 5.78. The van der Waals surface area contributed by atoms with Crippen LogP contribution in [0.15, 0.2) is 24.4 Å². The van der Waals surface area contributed by atoms with Crippen LogP contribution in [0.2, 0.25) is 0 Å². The van der Waals surface area contributed by atoms with Gasteiger partial charge in [-0.25, -0.2) is 4.68 Å². The fraction of sp³-hybridized carbons (Fsp3) is 0.143. The van der Waals surface area contributed by atoms with Crippen molar-refractivity contribution in [2.24, 2.45) is 0 Å². The quantitative estimate of drug-likeness (QED) is 0.609. The molecule has 1 heterocycles. The largest absolute Gasteiger partial charge is 0.283 e. The Morgan fingerprint density at radius 3 is 3.10 bits per heavy atom. The van der Waals surface area contributed by atoms with E-state index in [1.807, 2.05) is 13.0 Å². The van der Waals surface area contributed by atoms with E-state index in [4.69, 9.17) is 5.41 Å². The normalized spacial score (nSPS) is 10.5. The minimum absolute atomic E-state index is 0.389. The summed E-state index contributed by atoms with van der Waals surface area (Å²) in [5.41, 5.74) is 0.389. The van der Waals surface area contributed by atoms with Gasteiger partial charge in [-0.1, -0.05) is 6.08 Å². The highest BCUT2D eigenvalue weighted by Gasteiger charge is 1.81. The van der Waals surface area contributed by atoms with Crippen LogP contribution in [0.25, 0.3) is 6.20 Å². The zero-order valence-corrected chi connectivity index (χ0v) is 5.78. The predicted molar refractivity (Wildman–Crippen MR) is 39.1 cm³/mol. The van der Waals surface area contributed by atoms with Crippen LogP contribution in [-0.2, 0) is 0 Å². The van der Waals surface area contributed by atoms with Gasteiger partial charge in [-0.15, -0.1) is 0 Å². The molecule has 0 aliphatic heterocycles. The van der Waals surface area contributed by atoms with E-state index < -0.39 is 0 Å². The lowest BCUT2D eigenvalue weighted by molar-refractivity contribution is 0.813. The van der Waals surface area contributed by atoms with Crippen LogP contribution in [0.3, 0.4) is 0 Å². The summed E-state index contributed by atoms with van der Waals surface area (Å²) in [4.78, 5) is 0. The van der Waals surface area contributed by atoms with Crippen LogP contribution < -0.4 is 5.49 Å². The summed E-state index contributed by atoms with van der Waals surface area (Å²) in [5.74, 6) is 0. The van der Waals surface area contributed by atoms with Gasteiger partial charge in [0.15, 0.2) is 0 Å². The Labute approximate surface area is 59.1 Å². The summed E-state index contributed by atoms with van der Waals surface area (Å²) in [6, 6.07) is 3.43. The van der Waals surface area contributed by atoms with Gasteiger partial charge >= 0.3 is 0 Å². The van der Waals surface area contributed by atoms with Gasteiger partial charge in [-0.3, -0.25) is 5.41 Å². The molecule has 1 aromatic heterocycles. The van der Waals surface area contributed by atoms with Crippen molar-refractivity contribution in [2.75, 3.05) is 0 Å². The van der Waals surface area contributed by atoms with Crippen molar-refractivity contribution in [1.82, 2.24) is 9.78 Å². The lowest BCUT2D eigenvalue weighted by atomic mass is 10.5. The fourth-order valence-corrected chi connectivity index (χ4v) is 0.643. The maximum absolute atomic E-state index is 7.32. The Morgan fingerprint density at radius 1 is 1.70 bits per heavy atom. The average Bonchev–Trinajstić information content (AvgIpc) is 1.94. The Bertz CT molecular complexity index is 285. The molecule has 0 radical (unpaired) electrons. The highest BCUT2D eigenvalue weighted by atomic mass is 15.3. The molecular formula is C7H9N3. The second kappa shape index (κ2) is 2.96. The molecule has 52 valence electrons. The van der Waals surface area contributed by atoms with Crippen molar-refractivity contribution >= 4 is 6.20 Å². The number of hydrogen-bond acceptors (Lipinski definition) is 2. The van der Waals surface area contributed by atoms with Crippen LogP contribution in [-0.4, -0.2) is 9.78 Å². The summed E-state index contributed by atoms with van der Waals surface area (Å²) >= 11 is 0. The van der Waals surface area contributed by atoms with Crippen molar-refractivity contribution in [3.05, 3.63) is 29.9 Å². The smallest absolute Gasteiger partial charge is 0.145 e. The monoisotopic (exact) mass is 135 g/mol. The van der Waals surface area contributed by atoms with Crippen molar-refractivity contribution in [1.29, 1.82) is 5.41 Å². The molecule has 0 aliphatic carbocycles. The second-order valence-electron chi connectivity index (χ2n) is 1.84. The molecule has 0 amide bonds. The van der Waals surface area contributed by atoms with Gasteiger partial charge in [0.25, 0.3) is 0 Å². The SMILES string of the molecule is C/C=C\n1ncccc1=N. The molecule has 3 heteroatoms. The third kappa shape index (κ3) is 1.31. The summed E-state index contributed by atoms with van der Waals surface area (Å²) in [7, 11) is 0. The minimum atomic E-state index is 0.389. The van der Waals surface area contributed by atoms with Crippen LogP contribution in [0.4, 0.5) is 0 Å². The van der Waals surface area contributed by atoms with Gasteiger partial charge in [-0.05, 0) is 19.1 Å². The molecule has 0 aliphatic rings. The number of aromatic nitrogens is 2. The van der Waals surface area contributed by atoms with Gasteiger partial charge in [0.2, 0.25) is 0 Å². The first kappa shape index (κ1) is 6.74. The van der Waals surface area contributed by atoms with E-state index in [1.165, 1.54) is 4.68 Å². The fourth-order valence-electron chi connectivity index (χ4n) is 0.643. The first-order chi connectivity index (χ1) is 4.84. The molecule has 0 spiro atoms. The Morgan fingerprint density at radius 2 is 2.50 bits per heavy atom. The summed E-state index contributed by atoms with van der Waals surface area (Å²) in [6.07, 6.45) is 5.23. The molecule has 1 rings (SSSR count). The maximum Gasteiger partial charge on any atom is 0.145 e. The first-order valence-corrected chi connectivity index (χ1v) is 3.06. The van der Waals surface area contributed by atoms with Crippen LogP contribution in [0, 0.1) is 5.41 Å². The van der Waals surface area contributed by atoms with Crippen molar-refractivity contribution in [3.63, 3.8) is 0 Å². The van der Waals surface area contributed by atoms with Gasteiger partial charge in [0.05, 0.1) is 0 Å². The number of hydrogen-bond donors (Lipinski definition) is 1. The van der Waals surface area contributed by atoms with E-state index >= 15 is 0 Å². The zero-order chi connectivity index (χ0) is 7.40. The van der Waals surface area contributed by atoms with E-state index in [1.54, 1.807) is 24.5 Å². The Kier molecular flexibility index (Phi) is 1.99. The molecule has 0 bridgehead atoms. The van der Waals surface area contributed by atoms with Crippen LogP contribution in [0.5, 0.6) is 0 Å². The summed E-state index contributed by atoms with van der Waals surface area (Å²) < 4.78 is 1.50. The molecule has 10 heavy (non-hydrogen) atoms. The Hall–Kier alpha value is -1.38. The lowest BCUT2D eigenvalue weighted by Crippen LogP contribution is -2.15. The standard InChI is InChI=1S/C7H9N3/c1-2-6-10-7(8)4-3-5-9-10/h2-6,8H,1H3/b6-2-,8-7?. The number of rotatable bonds is 1. The number of nitrogens with zero attached hydrogens (tertiary/aromatic N) is 2. The third-order valence-electron chi connectivity index (χ3n) is 1.07. The predicted octanol–water partition coefficient (Wildman–Crippen LogP) is 0.853. The molecule has 1 aromatic rings. The molecule has 0 atom stereocenters. The molecule has 1 N–H and O–H groups in total. The summed E-state index contributed by atoms with van der Waals surface area (Å²) in [6.45, 7) is 1.89. The third-order valence-corrected chi connectivity index (χ3v) is 1.07. The van der Waals surface area contributed by atoms with Crippen molar-refractivity contribution < 1.29 is 0 Å². The first-order valence-electron chi connectivity index (χ1n) is 3.06. The van der Waals surface area contributed by atoms with Gasteiger partial charge in [-0.2, -0.15) is 5.10 Å². The van der Waals surface area contributed by atoms with E-state index in [9.17, 15) is 0 Å². The molecule has 0 saturated carbocycles. The lowest BCUT2D eigenvalue weighted by Gasteiger charge is -1.93. The highest BCUT2D eigenvalue weighted by Crippen LogP contribution is 1.76. The highest BCUT2D eigenvalue weighted by molar-refractivity contribution is 5.17. The van der Waals surface area contributed by atoms with E-state index in [-0.39, 0.29) is 0 Å². The molecule has 0 unspecified atom stereocenters. The number of allylic oxidation sites excluding steroid dienone is 1. The average molecular weight is 135 g/mol. The molecular weight excluding hydrogens is 126 g/mol. The van der Waals surface area contributed by atoms with E-state index in [2.05, 4.69) is 5.10 Å².